The van der Waals surface area contributed by atoms with Crippen molar-refractivity contribution >= 4 is 71.3 Å². The van der Waals surface area contributed by atoms with Gasteiger partial charge in [-0.25, -0.2) is 0 Å². The van der Waals surface area contributed by atoms with Crippen molar-refractivity contribution in [1.82, 2.24) is 47.4 Å². The number of unbranched alkanes of at least 4 members (excludes halogenated alkanes) is 1. The maximum absolute atomic E-state index is 14.2. The standard InChI is InChI=1S/C52H87N15O13/c1-28(2)22-35(46(75)64-38(26-69)48(77)61-36(24-41(55)71)47(76)66-42(30(5)6)50(79)63-37(25-68)29(3)4)62-49(78)40-18-13-21-67(40)51(80)39(27-70)65-45(74)33(16-10-11-19-53)60-44(73)34(17-12-20-58-52(56)57)59-43(72)32(54)23-31-14-8-7-9-15-31/h7-9,14-15,25,28-30,32-40,42,69-70H,10-13,16-24,26-27,53-54H2,1-6H3,(H2,55,71)(H,59,72)(H,60,73)(H,61,77)(H,62,78)(H,63,79)(H,64,75)(H,65,74)(H,66,76)(H4,56,57,58)/t32-,33-,34-,35-,36-,37+,38-,39-,40-,42-/m0/s1. The molecule has 10 amide bonds. The molecule has 1 heterocycles. The molecule has 0 spiro atoms. The van der Waals surface area contributed by atoms with Crippen molar-refractivity contribution < 1.29 is 63.0 Å². The number of benzene rings is 1. The normalized spacial score (nSPS) is 16.5. The van der Waals surface area contributed by atoms with Crippen LogP contribution in [0.1, 0.15) is 105 Å². The van der Waals surface area contributed by atoms with Crippen LogP contribution in [-0.4, -0.2) is 180 Å². The summed E-state index contributed by atoms with van der Waals surface area (Å²) in [6, 6.07) is -4.35. The van der Waals surface area contributed by atoms with Crippen molar-refractivity contribution in [2.45, 2.75) is 166 Å². The number of aliphatic hydroxyl groups is 2. The van der Waals surface area contributed by atoms with Gasteiger partial charge in [0.25, 0.3) is 0 Å². The summed E-state index contributed by atoms with van der Waals surface area (Å²) in [5.74, 6) is -10.0. The van der Waals surface area contributed by atoms with Crippen LogP contribution in [0.15, 0.2) is 35.3 Å². The predicted octanol–water partition coefficient (Wildman–Crippen LogP) is -4.97. The van der Waals surface area contributed by atoms with E-state index in [1.807, 2.05) is 6.07 Å². The summed E-state index contributed by atoms with van der Waals surface area (Å²) < 4.78 is 0. The third-order valence-corrected chi connectivity index (χ3v) is 13.0. The molecule has 2 rings (SSSR count). The molecule has 0 unspecified atom stereocenters. The molecule has 448 valence electrons. The van der Waals surface area contributed by atoms with E-state index in [2.05, 4.69) is 47.5 Å². The van der Waals surface area contributed by atoms with Crippen LogP contribution in [0.5, 0.6) is 0 Å². The Kier molecular flexibility index (Phi) is 30.4. The minimum atomic E-state index is -1.76. The Morgan fingerprint density at radius 1 is 0.650 bits per heavy atom. The van der Waals surface area contributed by atoms with Crippen molar-refractivity contribution in [2.75, 3.05) is 32.8 Å². The van der Waals surface area contributed by atoms with Gasteiger partial charge in [0.05, 0.1) is 31.7 Å². The van der Waals surface area contributed by atoms with E-state index in [4.69, 9.17) is 28.7 Å². The predicted molar refractivity (Wildman–Crippen MR) is 294 cm³/mol. The first-order valence-electron chi connectivity index (χ1n) is 27.0. The maximum Gasteiger partial charge on any atom is 0.248 e. The van der Waals surface area contributed by atoms with Gasteiger partial charge >= 0.3 is 0 Å². The number of primary amides is 1. The van der Waals surface area contributed by atoms with Crippen LogP contribution in [0.4, 0.5) is 0 Å². The molecule has 0 aromatic heterocycles. The number of hydrogen-bond acceptors (Lipinski definition) is 16. The first kappa shape index (κ1) is 68.8. The van der Waals surface area contributed by atoms with E-state index in [0.717, 1.165) is 10.5 Å². The van der Waals surface area contributed by atoms with Crippen LogP contribution in [0, 0.1) is 17.8 Å². The molecular formula is C52H87N15O13. The number of carbonyl (C=O) groups is 11. The van der Waals surface area contributed by atoms with Crippen molar-refractivity contribution in [2.24, 2.45) is 51.4 Å². The topological polar surface area (TPSA) is 470 Å². The molecule has 1 aromatic carbocycles. The highest BCUT2D eigenvalue weighted by Gasteiger charge is 2.41. The minimum absolute atomic E-state index is 0.00123. The first-order valence-corrected chi connectivity index (χ1v) is 27.0. The number of aldehydes is 1. The zero-order valence-corrected chi connectivity index (χ0v) is 46.7. The fourth-order valence-corrected chi connectivity index (χ4v) is 8.53. The molecule has 0 radical (unpaired) electrons. The van der Waals surface area contributed by atoms with Crippen molar-refractivity contribution in [3.8, 4) is 0 Å². The highest BCUT2D eigenvalue weighted by molar-refractivity contribution is 5.99. The lowest BCUT2D eigenvalue weighted by Gasteiger charge is -2.31. The smallest absolute Gasteiger partial charge is 0.248 e. The average Bonchev–Trinajstić information content (AvgIpc) is 3.90. The van der Waals surface area contributed by atoms with Gasteiger partial charge in [0.15, 0.2) is 5.96 Å². The second-order valence-electron chi connectivity index (χ2n) is 20.9. The second kappa shape index (κ2) is 35.3. The lowest BCUT2D eigenvalue weighted by molar-refractivity contribution is -0.143. The molecule has 0 bridgehead atoms. The molecule has 1 aliphatic rings. The van der Waals surface area contributed by atoms with Gasteiger partial charge in [-0.1, -0.05) is 71.9 Å². The maximum atomic E-state index is 14.2. The molecule has 28 heteroatoms. The number of hydrogen-bond donors (Lipinski definition) is 15. The Morgan fingerprint density at radius 3 is 1.73 bits per heavy atom. The highest BCUT2D eigenvalue weighted by atomic mass is 16.3. The largest absolute Gasteiger partial charge is 0.394 e. The van der Waals surface area contributed by atoms with Gasteiger partial charge in [-0.2, -0.15) is 0 Å². The van der Waals surface area contributed by atoms with Crippen LogP contribution >= 0.6 is 0 Å². The Labute approximate surface area is 466 Å². The third-order valence-electron chi connectivity index (χ3n) is 13.0. The van der Waals surface area contributed by atoms with Gasteiger partial charge in [0.2, 0.25) is 59.1 Å². The molecule has 0 aliphatic carbocycles. The fourth-order valence-electron chi connectivity index (χ4n) is 8.53. The number of aliphatic imine (C=N–C) groups is 1. The van der Waals surface area contributed by atoms with E-state index in [9.17, 15) is 63.0 Å². The number of likely N-dealkylation sites (tertiary alicyclic amines) is 1. The number of amides is 10. The number of guanidine groups is 1. The number of carbonyl (C=O) groups excluding carboxylic acids is 11. The number of nitrogens with one attached hydrogen (secondary N) is 8. The van der Waals surface area contributed by atoms with E-state index in [1.165, 1.54) is 0 Å². The van der Waals surface area contributed by atoms with Crippen LogP contribution in [0.25, 0.3) is 0 Å². The van der Waals surface area contributed by atoms with Gasteiger partial charge in [0.1, 0.15) is 54.6 Å². The van der Waals surface area contributed by atoms with Gasteiger partial charge < -0.3 is 91.1 Å². The average molecular weight is 1130 g/mol. The molecule has 1 aliphatic heterocycles. The molecule has 10 atom stereocenters. The SMILES string of the molecule is CC(C)C[C@H](NC(=O)[C@@H]1CCCN1C(=O)[C@H](CO)NC(=O)[C@H](CCCCN)NC(=O)[C@H](CCCN=C(N)N)NC(=O)[C@@H](N)Cc1ccccc1)C(=O)N[C@@H](CO)C(=O)N[C@@H](CC(N)=O)C(=O)N[C@H](C(=O)N[C@H](C=O)C(C)C)C(C)C. The lowest BCUT2D eigenvalue weighted by Crippen LogP contribution is -2.61. The van der Waals surface area contributed by atoms with Gasteiger partial charge in [0, 0.05) is 13.1 Å². The fraction of sp³-hybridized carbons (Fsp3) is 0.654. The summed E-state index contributed by atoms with van der Waals surface area (Å²) in [5, 5.41) is 40.9. The highest BCUT2D eigenvalue weighted by Crippen LogP contribution is 2.20. The zero-order valence-electron chi connectivity index (χ0n) is 46.7. The molecule has 1 fully saturated rings. The summed E-state index contributed by atoms with van der Waals surface area (Å²) in [5.41, 5.74) is 29.1. The summed E-state index contributed by atoms with van der Waals surface area (Å²) in [6.07, 6.45) is 1.43. The van der Waals surface area contributed by atoms with Gasteiger partial charge in [-0.05, 0) is 87.6 Å². The van der Waals surface area contributed by atoms with E-state index < -0.39 is 145 Å². The monoisotopic (exact) mass is 1130 g/mol. The van der Waals surface area contributed by atoms with Gasteiger partial charge in [-0.15, -0.1) is 0 Å². The number of aliphatic hydroxyl groups excluding tert-OH is 2. The molecule has 1 saturated heterocycles. The zero-order chi connectivity index (χ0) is 60.2. The minimum Gasteiger partial charge on any atom is -0.394 e. The third kappa shape index (κ3) is 23.6. The van der Waals surface area contributed by atoms with Crippen molar-refractivity contribution in [1.29, 1.82) is 0 Å². The molecule has 28 nitrogen and oxygen atoms in total. The van der Waals surface area contributed by atoms with Crippen LogP contribution < -0.4 is 71.2 Å². The molecule has 0 saturated carbocycles. The molecule has 20 N–H and O–H groups in total. The summed E-state index contributed by atoms with van der Waals surface area (Å²) in [6.45, 7) is 8.51. The van der Waals surface area contributed by atoms with E-state index in [1.54, 1.807) is 65.8 Å². The molecule has 1 aromatic rings. The van der Waals surface area contributed by atoms with Crippen LogP contribution in [0.2, 0.25) is 0 Å². The Balaban J connectivity index is 2.28. The van der Waals surface area contributed by atoms with Crippen molar-refractivity contribution in [3.05, 3.63) is 35.9 Å². The van der Waals surface area contributed by atoms with Crippen LogP contribution in [-0.2, 0) is 59.2 Å². The Hall–Kier alpha value is -7.30. The van der Waals surface area contributed by atoms with Crippen molar-refractivity contribution in [3.63, 3.8) is 0 Å². The number of nitrogens with zero attached hydrogens (tertiary/aromatic N) is 2. The number of nitrogens with two attached hydrogens (primary N) is 5. The van der Waals surface area contributed by atoms with Crippen LogP contribution in [0.3, 0.4) is 0 Å². The molecule has 80 heavy (non-hydrogen) atoms. The summed E-state index contributed by atoms with van der Waals surface area (Å²) in [4.78, 5) is 152. The van der Waals surface area contributed by atoms with E-state index in [-0.39, 0.29) is 76.0 Å². The second-order valence-corrected chi connectivity index (χ2v) is 20.9. The van der Waals surface area contributed by atoms with E-state index in [0.29, 0.717) is 25.5 Å². The first-order chi connectivity index (χ1) is 37.8. The Bertz CT molecular complexity index is 2270. The summed E-state index contributed by atoms with van der Waals surface area (Å²) >= 11 is 0. The Morgan fingerprint density at radius 2 is 1.19 bits per heavy atom. The number of rotatable bonds is 36. The van der Waals surface area contributed by atoms with Gasteiger partial charge in [-0.3, -0.25) is 52.9 Å². The van der Waals surface area contributed by atoms with E-state index >= 15 is 0 Å². The summed E-state index contributed by atoms with van der Waals surface area (Å²) in [7, 11) is 0. The lowest BCUT2D eigenvalue weighted by atomic mass is 10.00. The molecular weight excluding hydrogens is 1040 g/mol. The quantitative estimate of drug-likeness (QED) is 0.0130.